The number of hydrogen-bond donors (Lipinski definition) is 1. The van der Waals surface area contributed by atoms with Gasteiger partial charge in [-0.2, -0.15) is 0 Å². The highest BCUT2D eigenvalue weighted by atomic mass is 16.4. The first kappa shape index (κ1) is 13.7. The van der Waals surface area contributed by atoms with Gasteiger partial charge in [-0.15, -0.1) is 0 Å². The van der Waals surface area contributed by atoms with Gasteiger partial charge in [-0.3, -0.25) is 9.59 Å². The highest BCUT2D eigenvalue weighted by molar-refractivity contribution is 5.88. The van der Waals surface area contributed by atoms with E-state index in [0.29, 0.717) is 6.42 Å². The second kappa shape index (κ2) is 6.42. The van der Waals surface area contributed by atoms with Crippen molar-refractivity contribution in [2.75, 3.05) is 6.54 Å². The number of aliphatic carboxylic acids is 1. The Balaban J connectivity index is 2.62. The molecule has 96 valence electrons. The summed E-state index contributed by atoms with van der Waals surface area (Å²) in [6, 6.07) is 0.1000. The van der Waals surface area contributed by atoms with Crippen LogP contribution in [0.1, 0.15) is 46.0 Å². The van der Waals surface area contributed by atoms with Crippen molar-refractivity contribution in [2.24, 2.45) is 0 Å². The van der Waals surface area contributed by atoms with Crippen LogP contribution in [-0.2, 0) is 9.59 Å². The minimum atomic E-state index is -0.787. The Morgan fingerprint density at radius 3 is 2.65 bits per heavy atom. The van der Waals surface area contributed by atoms with Crippen molar-refractivity contribution in [2.45, 2.75) is 52.0 Å². The molecule has 4 heteroatoms. The standard InChI is InChI=1S/C13H21NO3/c1-10(2)9-12(15)14-8-4-3-5-11(14)6-7-13(16)17/h9,11H,3-8H2,1-2H3,(H,16,17). The number of allylic oxidation sites excluding steroid dienone is 1. The van der Waals surface area contributed by atoms with Crippen molar-refractivity contribution in [1.29, 1.82) is 0 Å². The summed E-state index contributed by atoms with van der Waals surface area (Å²) in [5.41, 5.74) is 0.984. The van der Waals surface area contributed by atoms with Crippen LogP contribution in [0.3, 0.4) is 0 Å². The molecule has 0 aromatic rings. The SMILES string of the molecule is CC(C)=CC(=O)N1CCCCC1CCC(=O)O. The Morgan fingerprint density at radius 2 is 2.06 bits per heavy atom. The normalized spacial score (nSPS) is 19.9. The zero-order valence-electron chi connectivity index (χ0n) is 10.6. The van der Waals surface area contributed by atoms with Crippen molar-refractivity contribution in [3.63, 3.8) is 0 Å². The van der Waals surface area contributed by atoms with Gasteiger partial charge in [-0.1, -0.05) is 5.57 Å². The van der Waals surface area contributed by atoms with Gasteiger partial charge in [-0.25, -0.2) is 0 Å². The fraction of sp³-hybridized carbons (Fsp3) is 0.692. The lowest BCUT2D eigenvalue weighted by Crippen LogP contribution is -2.43. The molecule has 0 aliphatic carbocycles. The summed E-state index contributed by atoms with van der Waals surface area (Å²) in [6.45, 7) is 4.55. The van der Waals surface area contributed by atoms with Gasteiger partial charge in [-0.05, 0) is 39.5 Å². The molecular formula is C13H21NO3. The predicted octanol–water partition coefficient (Wildman–Crippen LogP) is 2.20. The summed E-state index contributed by atoms with van der Waals surface area (Å²) in [5.74, 6) is -0.759. The molecule has 1 atom stereocenters. The van der Waals surface area contributed by atoms with E-state index >= 15 is 0 Å². The van der Waals surface area contributed by atoms with E-state index in [4.69, 9.17) is 5.11 Å². The van der Waals surface area contributed by atoms with Crippen molar-refractivity contribution < 1.29 is 14.7 Å². The predicted molar refractivity (Wildman–Crippen MR) is 65.7 cm³/mol. The van der Waals surface area contributed by atoms with E-state index < -0.39 is 5.97 Å². The first-order valence-electron chi connectivity index (χ1n) is 6.18. The fourth-order valence-electron chi connectivity index (χ4n) is 2.21. The average Bonchev–Trinajstić information content (AvgIpc) is 2.25. The van der Waals surface area contributed by atoms with Gasteiger partial charge in [0, 0.05) is 25.1 Å². The number of carboxylic acids is 1. The number of rotatable bonds is 4. The molecule has 1 fully saturated rings. The minimum absolute atomic E-state index is 0.0279. The molecule has 0 saturated carbocycles. The molecule has 0 spiro atoms. The summed E-state index contributed by atoms with van der Waals surface area (Å²) in [7, 11) is 0. The van der Waals surface area contributed by atoms with Crippen molar-refractivity contribution >= 4 is 11.9 Å². The number of carboxylic acid groups (broad SMARTS) is 1. The van der Waals surface area contributed by atoms with Gasteiger partial charge in [0.05, 0.1) is 0 Å². The highest BCUT2D eigenvalue weighted by Gasteiger charge is 2.25. The van der Waals surface area contributed by atoms with Crippen LogP contribution in [0, 0.1) is 0 Å². The topological polar surface area (TPSA) is 57.6 Å². The third-order valence-corrected chi connectivity index (χ3v) is 3.01. The molecule has 0 aromatic carbocycles. The maximum Gasteiger partial charge on any atom is 0.303 e. The number of amides is 1. The number of carbonyl (C=O) groups excluding carboxylic acids is 1. The second-order valence-electron chi connectivity index (χ2n) is 4.84. The molecule has 1 amide bonds. The first-order valence-corrected chi connectivity index (χ1v) is 6.18. The van der Waals surface area contributed by atoms with Crippen LogP contribution < -0.4 is 0 Å². The monoisotopic (exact) mass is 239 g/mol. The highest BCUT2D eigenvalue weighted by Crippen LogP contribution is 2.21. The smallest absolute Gasteiger partial charge is 0.303 e. The maximum absolute atomic E-state index is 12.0. The summed E-state index contributed by atoms with van der Waals surface area (Å²) in [6.07, 6.45) is 5.38. The van der Waals surface area contributed by atoms with Gasteiger partial charge >= 0.3 is 5.97 Å². The largest absolute Gasteiger partial charge is 0.481 e. The summed E-state index contributed by atoms with van der Waals surface area (Å²) in [5, 5.41) is 8.70. The lowest BCUT2D eigenvalue weighted by molar-refractivity contribution is -0.138. The number of carbonyl (C=O) groups is 2. The van der Waals surface area contributed by atoms with E-state index in [1.165, 1.54) is 0 Å². The van der Waals surface area contributed by atoms with Gasteiger partial charge in [0.2, 0.25) is 5.91 Å². The van der Waals surface area contributed by atoms with Gasteiger partial charge in [0.1, 0.15) is 0 Å². The van der Waals surface area contributed by atoms with Crippen LogP contribution in [0.4, 0.5) is 0 Å². The Kier molecular flexibility index (Phi) is 5.19. The van der Waals surface area contributed by atoms with Crippen molar-refractivity contribution in [3.8, 4) is 0 Å². The van der Waals surface area contributed by atoms with Crippen LogP contribution in [-0.4, -0.2) is 34.5 Å². The summed E-state index contributed by atoms with van der Waals surface area (Å²) >= 11 is 0. The molecule has 1 rings (SSSR count). The molecule has 1 heterocycles. The molecule has 1 aliphatic rings. The first-order chi connectivity index (χ1) is 8.00. The van der Waals surface area contributed by atoms with E-state index in [0.717, 1.165) is 31.4 Å². The van der Waals surface area contributed by atoms with Gasteiger partial charge < -0.3 is 10.0 Å². The molecule has 0 radical (unpaired) electrons. The van der Waals surface area contributed by atoms with E-state index in [9.17, 15) is 9.59 Å². The van der Waals surface area contributed by atoms with Crippen LogP contribution in [0.15, 0.2) is 11.6 Å². The molecule has 17 heavy (non-hydrogen) atoms. The van der Waals surface area contributed by atoms with Crippen LogP contribution in [0.25, 0.3) is 0 Å². The molecule has 1 aliphatic heterocycles. The van der Waals surface area contributed by atoms with Crippen LogP contribution >= 0.6 is 0 Å². The van der Waals surface area contributed by atoms with Crippen LogP contribution in [0.5, 0.6) is 0 Å². The number of piperidine rings is 1. The van der Waals surface area contributed by atoms with Crippen molar-refractivity contribution in [1.82, 2.24) is 4.90 Å². The van der Waals surface area contributed by atoms with Gasteiger partial charge in [0.25, 0.3) is 0 Å². The Labute approximate surface area is 102 Å². The van der Waals surface area contributed by atoms with E-state index in [-0.39, 0.29) is 18.4 Å². The van der Waals surface area contributed by atoms with Crippen LogP contribution in [0.2, 0.25) is 0 Å². The Bertz CT molecular complexity index is 319. The van der Waals surface area contributed by atoms with E-state index in [1.54, 1.807) is 6.08 Å². The average molecular weight is 239 g/mol. The molecule has 0 aromatic heterocycles. The molecule has 1 N–H and O–H groups in total. The number of likely N-dealkylation sites (tertiary alicyclic amines) is 1. The summed E-state index contributed by atoms with van der Waals surface area (Å²) in [4.78, 5) is 24.4. The number of nitrogens with zero attached hydrogens (tertiary/aromatic N) is 1. The molecule has 1 unspecified atom stereocenters. The summed E-state index contributed by atoms with van der Waals surface area (Å²) < 4.78 is 0. The lowest BCUT2D eigenvalue weighted by atomic mass is 9.97. The van der Waals surface area contributed by atoms with E-state index in [2.05, 4.69) is 0 Å². The minimum Gasteiger partial charge on any atom is -0.481 e. The number of hydrogen-bond acceptors (Lipinski definition) is 2. The maximum atomic E-state index is 12.0. The lowest BCUT2D eigenvalue weighted by Gasteiger charge is -2.35. The Hall–Kier alpha value is -1.32. The third-order valence-electron chi connectivity index (χ3n) is 3.01. The third kappa shape index (κ3) is 4.59. The Morgan fingerprint density at radius 1 is 1.35 bits per heavy atom. The fourth-order valence-corrected chi connectivity index (χ4v) is 2.21. The molecule has 0 bridgehead atoms. The van der Waals surface area contributed by atoms with Gasteiger partial charge in [0.15, 0.2) is 0 Å². The molecule has 4 nitrogen and oxygen atoms in total. The molecule has 1 saturated heterocycles. The quantitative estimate of drug-likeness (QED) is 0.765. The second-order valence-corrected chi connectivity index (χ2v) is 4.84. The molecular weight excluding hydrogens is 218 g/mol. The van der Waals surface area contributed by atoms with E-state index in [1.807, 2.05) is 18.7 Å². The zero-order valence-corrected chi connectivity index (χ0v) is 10.6. The van der Waals surface area contributed by atoms with Crippen molar-refractivity contribution in [3.05, 3.63) is 11.6 Å². The zero-order chi connectivity index (χ0) is 12.8.